The first kappa shape index (κ1) is 18.8. The van der Waals surface area contributed by atoms with E-state index in [-0.39, 0.29) is 11.9 Å². The molecule has 26 heavy (non-hydrogen) atoms. The Morgan fingerprint density at radius 1 is 1.35 bits per heavy atom. The second-order valence-electron chi connectivity index (χ2n) is 5.99. The van der Waals surface area contributed by atoms with Crippen LogP contribution >= 0.6 is 23.2 Å². The number of esters is 1. The lowest BCUT2D eigenvalue weighted by molar-refractivity contribution is 0.0519. The first-order valence-electron chi connectivity index (χ1n) is 8.57. The summed E-state index contributed by atoms with van der Waals surface area (Å²) in [5.41, 5.74) is 2.06. The molecule has 0 saturated carbocycles. The highest BCUT2D eigenvalue weighted by Gasteiger charge is 2.29. The van der Waals surface area contributed by atoms with Crippen molar-refractivity contribution in [3.8, 4) is 5.75 Å². The van der Waals surface area contributed by atoms with E-state index in [1.165, 1.54) is 0 Å². The Hall–Kier alpha value is -1.98. The fourth-order valence-electron chi connectivity index (χ4n) is 2.95. The number of ether oxygens (including phenoxy) is 2. The number of aromatic nitrogens is 1. The van der Waals surface area contributed by atoms with Gasteiger partial charge in [0, 0.05) is 17.0 Å². The maximum atomic E-state index is 11.8. The molecule has 1 aromatic carbocycles. The van der Waals surface area contributed by atoms with Crippen LogP contribution in [-0.2, 0) is 11.3 Å². The molecule has 3 rings (SSSR count). The smallest absolute Gasteiger partial charge is 0.356 e. The van der Waals surface area contributed by atoms with Gasteiger partial charge in [-0.2, -0.15) is 0 Å². The molecule has 0 bridgehead atoms. The maximum Gasteiger partial charge on any atom is 0.356 e. The molecule has 1 aliphatic heterocycles. The molecule has 1 aromatic heterocycles. The van der Waals surface area contributed by atoms with Crippen LogP contribution in [0.5, 0.6) is 5.75 Å². The number of pyridine rings is 1. The molecule has 0 spiro atoms. The zero-order valence-electron chi connectivity index (χ0n) is 14.7. The van der Waals surface area contributed by atoms with Gasteiger partial charge in [-0.25, -0.2) is 9.78 Å². The lowest BCUT2D eigenvalue weighted by Crippen LogP contribution is -2.42. The molecule has 0 fully saturated rings. The molecule has 0 radical (unpaired) electrons. The average Bonchev–Trinajstić information content (AvgIpc) is 2.62. The first-order chi connectivity index (χ1) is 12.5. The minimum Gasteiger partial charge on any atom is -0.469 e. The van der Waals surface area contributed by atoms with Crippen molar-refractivity contribution in [2.24, 2.45) is 0 Å². The van der Waals surface area contributed by atoms with Gasteiger partial charge in [0.15, 0.2) is 6.23 Å². The summed E-state index contributed by atoms with van der Waals surface area (Å²) < 4.78 is 11.1. The van der Waals surface area contributed by atoms with Crippen LogP contribution in [0.2, 0.25) is 10.0 Å². The predicted molar refractivity (Wildman–Crippen MR) is 102 cm³/mol. The third-order valence-corrected chi connectivity index (χ3v) is 4.63. The van der Waals surface area contributed by atoms with Gasteiger partial charge in [-0.1, -0.05) is 36.5 Å². The largest absolute Gasteiger partial charge is 0.469 e. The van der Waals surface area contributed by atoms with Gasteiger partial charge in [-0.05, 0) is 31.2 Å². The molecular weight excluding hydrogens is 375 g/mol. The van der Waals surface area contributed by atoms with Crippen LogP contribution in [-0.4, -0.2) is 23.8 Å². The molecule has 138 valence electrons. The fraction of sp³-hybridized carbons (Fsp3) is 0.368. The predicted octanol–water partition coefficient (Wildman–Crippen LogP) is 5.09. The van der Waals surface area contributed by atoms with Crippen LogP contribution in [0.1, 0.15) is 42.7 Å². The van der Waals surface area contributed by atoms with Crippen molar-refractivity contribution in [1.29, 1.82) is 0 Å². The number of rotatable bonds is 5. The average molecular weight is 395 g/mol. The van der Waals surface area contributed by atoms with E-state index in [9.17, 15) is 4.79 Å². The summed E-state index contributed by atoms with van der Waals surface area (Å²) >= 11 is 12.4. The summed E-state index contributed by atoms with van der Waals surface area (Å²) in [4.78, 5) is 18.1. The third-order valence-electron chi connectivity index (χ3n) is 4.13. The molecule has 1 aliphatic rings. The highest BCUT2D eigenvalue weighted by molar-refractivity contribution is 6.35. The normalized spacial score (nSPS) is 16.0. The number of fused-ring (bicyclic) bond motifs is 1. The second kappa shape index (κ2) is 8.14. The molecule has 2 heterocycles. The topological polar surface area (TPSA) is 51.7 Å². The Morgan fingerprint density at radius 3 is 2.81 bits per heavy atom. The lowest BCUT2D eigenvalue weighted by Gasteiger charge is -2.38. The van der Waals surface area contributed by atoms with Crippen molar-refractivity contribution in [3.63, 3.8) is 0 Å². The molecule has 0 N–H and O–H groups in total. The zero-order chi connectivity index (χ0) is 18.7. The molecule has 0 amide bonds. The standard InChI is InChI=1S/C19H20Cl2N2O3/c1-3-5-17-23(11-12-8-13(20)9-15(21)18(12)26-17)14-6-7-16(22-10-14)19(24)25-4-2/h6-10,17H,3-5,11H2,1-2H3. The fourth-order valence-corrected chi connectivity index (χ4v) is 3.53. The summed E-state index contributed by atoms with van der Waals surface area (Å²) in [6.45, 7) is 4.78. The number of carbonyl (C=O) groups excluding carboxylic acids is 1. The molecule has 7 heteroatoms. The van der Waals surface area contributed by atoms with E-state index in [2.05, 4.69) is 16.8 Å². The molecule has 1 atom stereocenters. The number of anilines is 1. The van der Waals surface area contributed by atoms with E-state index in [1.807, 2.05) is 12.1 Å². The highest BCUT2D eigenvalue weighted by atomic mass is 35.5. The molecule has 2 aromatic rings. The molecule has 0 saturated heterocycles. The number of carbonyl (C=O) groups is 1. The van der Waals surface area contributed by atoms with E-state index in [0.717, 1.165) is 24.1 Å². The van der Waals surface area contributed by atoms with E-state index in [4.69, 9.17) is 32.7 Å². The maximum absolute atomic E-state index is 11.8. The van der Waals surface area contributed by atoms with E-state index < -0.39 is 5.97 Å². The molecule has 0 aliphatic carbocycles. The van der Waals surface area contributed by atoms with Crippen LogP contribution < -0.4 is 9.64 Å². The summed E-state index contributed by atoms with van der Waals surface area (Å²) in [5, 5.41) is 1.09. The van der Waals surface area contributed by atoms with Crippen molar-refractivity contribution in [1.82, 2.24) is 4.98 Å². The van der Waals surface area contributed by atoms with Crippen molar-refractivity contribution in [2.45, 2.75) is 39.5 Å². The van der Waals surface area contributed by atoms with Crippen LogP contribution in [0.15, 0.2) is 30.5 Å². The van der Waals surface area contributed by atoms with Gasteiger partial charge >= 0.3 is 5.97 Å². The SMILES string of the molecule is CCCC1Oc2c(Cl)cc(Cl)cc2CN1c1ccc(C(=O)OCC)nc1. The van der Waals surface area contributed by atoms with Crippen LogP contribution in [0, 0.1) is 0 Å². The summed E-state index contributed by atoms with van der Waals surface area (Å²) in [5.74, 6) is 0.254. The second-order valence-corrected chi connectivity index (χ2v) is 6.83. The minimum atomic E-state index is -0.428. The van der Waals surface area contributed by atoms with Gasteiger partial charge in [0.2, 0.25) is 0 Å². The Balaban J connectivity index is 1.90. The highest BCUT2D eigenvalue weighted by Crippen LogP contribution is 2.39. The van der Waals surface area contributed by atoms with E-state index in [1.54, 1.807) is 25.3 Å². The number of hydrogen-bond donors (Lipinski definition) is 0. The van der Waals surface area contributed by atoms with Crippen molar-refractivity contribution >= 4 is 34.9 Å². The van der Waals surface area contributed by atoms with Crippen molar-refractivity contribution < 1.29 is 14.3 Å². The quantitative estimate of drug-likeness (QED) is 0.660. The number of halogens is 2. The summed E-state index contributed by atoms with van der Waals surface area (Å²) in [6.07, 6.45) is 3.28. The Morgan fingerprint density at radius 2 is 2.15 bits per heavy atom. The summed E-state index contributed by atoms with van der Waals surface area (Å²) in [6, 6.07) is 7.06. The monoisotopic (exact) mass is 394 g/mol. The van der Waals surface area contributed by atoms with Crippen molar-refractivity contribution in [2.75, 3.05) is 11.5 Å². The van der Waals surface area contributed by atoms with Gasteiger partial charge in [-0.3, -0.25) is 0 Å². The van der Waals surface area contributed by atoms with Gasteiger partial charge in [0.25, 0.3) is 0 Å². The minimum absolute atomic E-state index is 0.165. The Kier molecular flexibility index (Phi) is 5.89. The van der Waals surface area contributed by atoms with Crippen LogP contribution in [0.25, 0.3) is 0 Å². The lowest BCUT2D eigenvalue weighted by atomic mass is 10.1. The molecule has 1 unspecified atom stereocenters. The van der Waals surface area contributed by atoms with Crippen LogP contribution in [0.4, 0.5) is 5.69 Å². The van der Waals surface area contributed by atoms with Crippen LogP contribution in [0.3, 0.4) is 0 Å². The zero-order valence-corrected chi connectivity index (χ0v) is 16.2. The van der Waals surface area contributed by atoms with Gasteiger partial charge in [-0.15, -0.1) is 0 Å². The number of benzene rings is 1. The van der Waals surface area contributed by atoms with Crippen molar-refractivity contribution in [3.05, 3.63) is 51.8 Å². The Bertz CT molecular complexity index is 796. The molecule has 5 nitrogen and oxygen atoms in total. The third kappa shape index (κ3) is 3.89. The Labute approximate surface area is 162 Å². The first-order valence-corrected chi connectivity index (χ1v) is 9.33. The number of hydrogen-bond acceptors (Lipinski definition) is 5. The summed E-state index contributed by atoms with van der Waals surface area (Å²) in [7, 11) is 0. The molecular formula is C19H20Cl2N2O3. The van der Waals surface area contributed by atoms with Gasteiger partial charge < -0.3 is 14.4 Å². The van der Waals surface area contributed by atoms with E-state index in [0.29, 0.717) is 28.9 Å². The van der Waals surface area contributed by atoms with Gasteiger partial charge in [0.1, 0.15) is 11.4 Å². The van der Waals surface area contributed by atoms with Gasteiger partial charge in [0.05, 0.1) is 30.1 Å². The van der Waals surface area contributed by atoms with E-state index >= 15 is 0 Å². The number of nitrogens with zero attached hydrogens (tertiary/aromatic N) is 2.